The Morgan fingerprint density at radius 3 is 2.72 bits per heavy atom. The molecule has 0 saturated carbocycles. The van der Waals surface area contributed by atoms with Crippen molar-refractivity contribution < 1.29 is 4.42 Å². The minimum absolute atomic E-state index is 0.0310. The van der Waals surface area contributed by atoms with Crippen LogP contribution in [0, 0.1) is 11.3 Å². The molecule has 124 valence electrons. The second kappa shape index (κ2) is 5.17. The first kappa shape index (κ1) is 14.9. The molecule has 0 radical (unpaired) electrons. The third kappa shape index (κ3) is 2.23. The first-order valence-corrected chi connectivity index (χ1v) is 7.60. The summed E-state index contributed by atoms with van der Waals surface area (Å²) in [5, 5.41) is 14.7. The molecule has 0 amide bonds. The maximum absolute atomic E-state index is 9.48. The summed E-state index contributed by atoms with van der Waals surface area (Å²) in [6.07, 6.45) is 0. The lowest BCUT2D eigenvalue weighted by atomic mass is 10.1. The van der Waals surface area contributed by atoms with Crippen molar-refractivity contribution in [1.82, 2.24) is 24.7 Å². The molecule has 4 N–H and O–H groups in total. The molecule has 1 aromatic carbocycles. The van der Waals surface area contributed by atoms with Crippen LogP contribution in [-0.2, 0) is 0 Å². The van der Waals surface area contributed by atoms with E-state index in [4.69, 9.17) is 15.9 Å². The summed E-state index contributed by atoms with van der Waals surface area (Å²) in [6, 6.07) is 7.60. The lowest BCUT2D eigenvalue weighted by Crippen LogP contribution is -2.05. The number of nitriles is 1. The van der Waals surface area contributed by atoms with E-state index < -0.39 is 0 Å². The maximum Gasteiger partial charge on any atom is 0.292 e. The van der Waals surface area contributed by atoms with Gasteiger partial charge in [-0.05, 0) is 32.0 Å². The summed E-state index contributed by atoms with van der Waals surface area (Å²) >= 11 is 0. The molecule has 25 heavy (non-hydrogen) atoms. The van der Waals surface area contributed by atoms with E-state index in [0.29, 0.717) is 27.8 Å². The van der Waals surface area contributed by atoms with Crippen molar-refractivity contribution in [2.75, 3.05) is 11.5 Å². The van der Waals surface area contributed by atoms with Gasteiger partial charge in [0.1, 0.15) is 17.3 Å². The predicted molar refractivity (Wildman–Crippen MR) is 92.3 cm³/mol. The van der Waals surface area contributed by atoms with Gasteiger partial charge in [-0.25, -0.2) is 9.67 Å². The van der Waals surface area contributed by atoms with Crippen LogP contribution in [0.1, 0.15) is 25.6 Å². The number of hydrogen-bond donors (Lipinski definition) is 2. The van der Waals surface area contributed by atoms with E-state index in [-0.39, 0.29) is 23.7 Å². The zero-order valence-electron chi connectivity index (χ0n) is 13.6. The average Bonchev–Trinajstić information content (AvgIpc) is 3.12. The van der Waals surface area contributed by atoms with Gasteiger partial charge in [0.2, 0.25) is 5.95 Å². The van der Waals surface area contributed by atoms with Gasteiger partial charge in [0.05, 0.1) is 5.39 Å². The summed E-state index contributed by atoms with van der Waals surface area (Å²) in [6.45, 7) is 3.95. The fourth-order valence-electron chi connectivity index (χ4n) is 2.79. The van der Waals surface area contributed by atoms with Crippen molar-refractivity contribution in [3.05, 3.63) is 23.9 Å². The molecule has 9 heteroatoms. The highest BCUT2D eigenvalue weighted by molar-refractivity contribution is 5.96. The molecule has 0 aliphatic rings. The first-order chi connectivity index (χ1) is 12.0. The maximum atomic E-state index is 9.48. The van der Waals surface area contributed by atoms with E-state index in [1.807, 2.05) is 19.9 Å². The quantitative estimate of drug-likeness (QED) is 0.567. The van der Waals surface area contributed by atoms with Crippen molar-refractivity contribution in [1.29, 1.82) is 5.26 Å². The molecule has 3 heterocycles. The standard InChI is InChI=1S/C16H14N8O/c1-7(2)24-14-12(10(6-17)20-15(18)22-14)13(23-24)8-3-4-11-9(5-8)21-16(19)25-11/h3-5,7H,1-2H3,(H2,19,21)(H2,18,20,22). The monoisotopic (exact) mass is 334 g/mol. The van der Waals surface area contributed by atoms with Crippen LogP contribution in [0.2, 0.25) is 0 Å². The van der Waals surface area contributed by atoms with Crippen molar-refractivity contribution in [2.24, 2.45) is 0 Å². The Kier molecular flexibility index (Phi) is 3.08. The zero-order valence-corrected chi connectivity index (χ0v) is 13.6. The van der Waals surface area contributed by atoms with Gasteiger partial charge in [0.25, 0.3) is 6.01 Å². The van der Waals surface area contributed by atoms with Gasteiger partial charge in [-0.2, -0.15) is 20.3 Å². The van der Waals surface area contributed by atoms with E-state index in [0.717, 1.165) is 5.56 Å². The Hall–Kier alpha value is -3.67. The minimum Gasteiger partial charge on any atom is -0.424 e. The summed E-state index contributed by atoms with van der Waals surface area (Å²) in [5.74, 6) is 0.0390. The van der Waals surface area contributed by atoms with Gasteiger partial charge < -0.3 is 15.9 Å². The fourth-order valence-corrected chi connectivity index (χ4v) is 2.79. The van der Waals surface area contributed by atoms with Gasteiger partial charge in [0, 0.05) is 11.6 Å². The molecule has 0 aliphatic carbocycles. The fraction of sp³-hybridized carbons (Fsp3) is 0.188. The number of hydrogen-bond acceptors (Lipinski definition) is 8. The Morgan fingerprint density at radius 2 is 2.00 bits per heavy atom. The number of rotatable bonds is 2. The Bertz CT molecular complexity index is 1160. The summed E-state index contributed by atoms with van der Waals surface area (Å²) in [4.78, 5) is 12.5. The van der Waals surface area contributed by atoms with E-state index >= 15 is 0 Å². The molecule has 4 rings (SSSR count). The molecular weight excluding hydrogens is 320 g/mol. The highest BCUT2D eigenvalue weighted by atomic mass is 16.4. The molecular formula is C16H14N8O. The van der Waals surface area contributed by atoms with Crippen molar-refractivity contribution >= 4 is 34.1 Å². The lowest BCUT2D eigenvalue weighted by Gasteiger charge is -2.05. The van der Waals surface area contributed by atoms with Crippen LogP contribution in [0.15, 0.2) is 22.6 Å². The van der Waals surface area contributed by atoms with Gasteiger partial charge in [-0.15, -0.1) is 0 Å². The topological polar surface area (TPSA) is 145 Å². The van der Waals surface area contributed by atoms with Crippen molar-refractivity contribution in [2.45, 2.75) is 19.9 Å². The number of nitrogens with zero attached hydrogens (tertiary/aromatic N) is 6. The van der Waals surface area contributed by atoms with Crippen LogP contribution in [0.3, 0.4) is 0 Å². The van der Waals surface area contributed by atoms with Crippen LogP contribution in [0.4, 0.5) is 12.0 Å². The summed E-state index contributed by atoms with van der Waals surface area (Å²) in [7, 11) is 0. The highest BCUT2D eigenvalue weighted by Crippen LogP contribution is 2.32. The summed E-state index contributed by atoms with van der Waals surface area (Å²) < 4.78 is 7.02. The molecule has 0 unspecified atom stereocenters. The van der Waals surface area contributed by atoms with Crippen LogP contribution in [0.25, 0.3) is 33.4 Å². The Morgan fingerprint density at radius 1 is 1.20 bits per heavy atom. The number of nitrogen functional groups attached to an aromatic ring is 2. The number of anilines is 2. The Balaban J connectivity index is 2.07. The lowest BCUT2D eigenvalue weighted by molar-refractivity contribution is 0.548. The molecule has 0 bridgehead atoms. The second-order valence-corrected chi connectivity index (χ2v) is 5.86. The number of nitrogens with two attached hydrogens (primary N) is 2. The van der Waals surface area contributed by atoms with E-state index in [1.165, 1.54) is 0 Å². The predicted octanol–water partition coefficient (Wildman–Crippen LogP) is 2.25. The molecule has 0 aliphatic heterocycles. The summed E-state index contributed by atoms with van der Waals surface area (Å²) in [5.41, 5.74) is 14.6. The molecule has 3 aromatic heterocycles. The van der Waals surface area contributed by atoms with Gasteiger partial charge in [-0.1, -0.05) is 0 Å². The highest BCUT2D eigenvalue weighted by Gasteiger charge is 2.21. The molecule has 0 saturated heterocycles. The third-order valence-corrected chi connectivity index (χ3v) is 3.84. The number of aromatic nitrogens is 5. The first-order valence-electron chi connectivity index (χ1n) is 7.60. The molecule has 0 fully saturated rings. The van der Waals surface area contributed by atoms with Crippen LogP contribution in [0.5, 0.6) is 0 Å². The van der Waals surface area contributed by atoms with E-state index in [9.17, 15) is 5.26 Å². The van der Waals surface area contributed by atoms with Crippen LogP contribution < -0.4 is 11.5 Å². The Labute approximate surface area is 141 Å². The van der Waals surface area contributed by atoms with Crippen LogP contribution >= 0.6 is 0 Å². The molecule has 4 aromatic rings. The smallest absolute Gasteiger partial charge is 0.292 e. The number of oxazole rings is 1. The minimum atomic E-state index is 0.0310. The number of benzene rings is 1. The SMILES string of the molecule is CC(C)n1nc(-c2ccc3oc(N)nc3c2)c2c(C#N)nc(N)nc21. The van der Waals surface area contributed by atoms with Crippen LogP contribution in [-0.4, -0.2) is 24.7 Å². The van der Waals surface area contributed by atoms with Crippen molar-refractivity contribution in [3.8, 4) is 17.3 Å². The molecule has 0 spiro atoms. The van der Waals surface area contributed by atoms with Crippen molar-refractivity contribution in [3.63, 3.8) is 0 Å². The molecule has 9 nitrogen and oxygen atoms in total. The number of fused-ring (bicyclic) bond motifs is 2. The third-order valence-electron chi connectivity index (χ3n) is 3.84. The van der Waals surface area contributed by atoms with Gasteiger partial charge >= 0.3 is 0 Å². The zero-order chi connectivity index (χ0) is 17.7. The van der Waals surface area contributed by atoms with E-state index in [2.05, 4.69) is 26.1 Å². The normalized spacial score (nSPS) is 11.4. The average molecular weight is 334 g/mol. The largest absolute Gasteiger partial charge is 0.424 e. The van der Waals surface area contributed by atoms with E-state index in [1.54, 1.807) is 16.8 Å². The molecule has 0 atom stereocenters. The van der Waals surface area contributed by atoms with Gasteiger partial charge in [0.15, 0.2) is 16.9 Å². The van der Waals surface area contributed by atoms with Gasteiger partial charge in [-0.3, -0.25) is 0 Å². The second-order valence-electron chi connectivity index (χ2n) is 5.86.